The lowest BCUT2D eigenvalue weighted by molar-refractivity contribution is 0.0342. The van der Waals surface area contributed by atoms with Crippen molar-refractivity contribution >= 4 is 5.91 Å². The Morgan fingerprint density at radius 1 is 1.08 bits per heavy atom. The smallest absolute Gasteiger partial charge is 0.251 e. The van der Waals surface area contributed by atoms with Crippen molar-refractivity contribution in [1.29, 1.82) is 0 Å². The molecule has 1 aliphatic heterocycles. The van der Waals surface area contributed by atoms with Gasteiger partial charge in [0.15, 0.2) is 0 Å². The van der Waals surface area contributed by atoms with Crippen molar-refractivity contribution in [2.24, 2.45) is 0 Å². The summed E-state index contributed by atoms with van der Waals surface area (Å²) in [6.45, 7) is 7.38. The third-order valence-electron chi connectivity index (χ3n) is 4.40. The number of nitrogens with zero attached hydrogens (tertiary/aromatic N) is 1. The molecule has 0 aliphatic carbocycles. The molecule has 5 nitrogen and oxygen atoms in total. The minimum atomic E-state index is -0.0737. The summed E-state index contributed by atoms with van der Waals surface area (Å²) >= 11 is 0. The molecular formula is C21H26N2O3. The minimum absolute atomic E-state index is 0.0737. The molecule has 1 N–H and O–H groups in total. The van der Waals surface area contributed by atoms with E-state index in [0.717, 1.165) is 38.6 Å². The van der Waals surface area contributed by atoms with Crippen LogP contribution in [0.1, 0.15) is 21.5 Å². The molecule has 3 rings (SSSR count). The molecule has 1 fully saturated rings. The minimum Gasteiger partial charge on any atom is -0.492 e. The maximum absolute atomic E-state index is 12.2. The van der Waals surface area contributed by atoms with Crippen molar-refractivity contribution in [1.82, 2.24) is 10.2 Å². The maximum atomic E-state index is 12.2. The van der Waals surface area contributed by atoms with Gasteiger partial charge in [0.2, 0.25) is 0 Å². The number of carbonyl (C=O) groups excluding carboxylic acids is 1. The van der Waals surface area contributed by atoms with Gasteiger partial charge in [-0.3, -0.25) is 9.69 Å². The first-order chi connectivity index (χ1) is 12.7. The summed E-state index contributed by atoms with van der Waals surface area (Å²) in [6.07, 6.45) is 0. The Labute approximate surface area is 154 Å². The van der Waals surface area contributed by atoms with Gasteiger partial charge in [0.1, 0.15) is 12.4 Å². The van der Waals surface area contributed by atoms with Crippen LogP contribution in [0.5, 0.6) is 5.75 Å². The molecule has 5 heteroatoms. The largest absolute Gasteiger partial charge is 0.492 e. The second-order valence-corrected chi connectivity index (χ2v) is 6.50. The van der Waals surface area contributed by atoms with Gasteiger partial charge in [0, 0.05) is 25.2 Å². The number of hydrogen-bond donors (Lipinski definition) is 1. The second-order valence-electron chi connectivity index (χ2n) is 6.50. The highest BCUT2D eigenvalue weighted by atomic mass is 16.5. The maximum Gasteiger partial charge on any atom is 0.251 e. The van der Waals surface area contributed by atoms with Crippen molar-refractivity contribution in [3.8, 4) is 5.75 Å². The predicted molar refractivity (Wildman–Crippen MR) is 102 cm³/mol. The van der Waals surface area contributed by atoms with Crippen LogP contribution in [-0.4, -0.2) is 50.3 Å². The van der Waals surface area contributed by atoms with Crippen LogP contribution in [-0.2, 0) is 11.3 Å². The van der Waals surface area contributed by atoms with Crippen molar-refractivity contribution in [2.45, 2.75) is 13.5 Å². The van der Waals surface area contributed by atoms with E-state index in [9.17, 15) is 4.79 Å². The monoisotopic (exact) mass is 354 g/mol. The Morgan fingerprint density at radius 3 is 2.46 bits per heavy atom. The molecule has 1 heterocycles. The highest BCUT2D eigenvalue weighted by Gasteiger charge is 2.11. The van der Waals surface area contributed by atoms with Crippen LogP contribution < -0.4 is 10.1 Å². The van der Waals surface area contributed by atoms with Gasteiger partial charge in [-0.2, -0.15) is 0 Å². The Kier molecular flexibility index (Phi) is 6.63. The van der Waals surface area contributed by atoms with E-state index < -0.39 is 0 Å². The molecular weight excluding hydrogens is 328 g/mol. The van der Waals surface area contributed by atoms with E-state index in [1.165, 1.54) is 11.1 Å². The molecule has 138 valence electrons. The van der Waals surface area contributed by atoms with E-state index in [-0.39, 0.29) is 5.91 Å². The van der Waals surface area contributed by atoms with E-state index in [2.05, 4.69) is 10.2 Å². The van der Waals surface area contributed by atoms with Crippen molar-refractivity contribution in [2.75, 3.05) is 39.5 Å². The number of ether oxygens (including phenoxy) is 2. The van der Waals surface area contributed by atoms with E-state index >= 15 is 0 Å². The molecule has 0 unspecified atom stereocenters. The lowest BCUT2D eigenvalue weighted by Crippen LogP contribution is -2.35. The number of amides is 1. The lowest BCUT2D eigenvalue weighted by atomic mass is 10.1. The average molecular weight is 354 g/mol. The molecule has 0 saturated carbocycles. The number of benzene rings is 2. The fourth-order valence-corrected chi connectivity index (χ4v) is 2.85. The van der Waals surface area contributed by atoms with Gasteiger partial charge < -0.3 is 14.8 Å². The van der Waals surface area contributed by atoms with Gasteiger partial charge in [0.25, 0.3) is 5.91 Å². The van der Waals surface area contributed by atoms with E-state index in [1.54, 1.807) is 0 Å². The van der Waals surface area contributed by atoms with Crippen LogP contribution in [0.2, 0.25) is 0 Å². The molecule has 0 radical (unpaired) electrons. The summed E-state index contributed by atoms with van der Waals surface area (Å²) in [7, 11) is 0. The molecule has 1 aliphatic rings. The standard InChI is InChI=1S/C21H26N2O3/c1-17-2-8-20(9-3-17)26-13-10-22-21(24)19-6-4-18(5-7-19)16-23-11-14-25-15-12-23/h2-9H,10-16H2,1H3,(H,22,24). The summed E-state index contributed by atoms with van der Waals surface area (Å²) in [6, 6.07) is 15.7. The third kappa shape index (κ3) is 5.58. The summed E-state index contributed by atoms with van der Waals surface area (Å²) in [5, 5.41) is 2.89. The van der Waals surface area contributed by atoms with Gasteiger partial charge >= 0.3 is 0 Å². The number of nitrogens with one attached hydrogen (secondary N) is 1. The Hall–Kier alpha value is -2.37. The van der Waals surface area contributed by atoms with Gasteiger partial charge in [0.05, 0.1) is 19.8 Å². The normalized spacial score (nSPS) is 14.8. The van der Waals surface area contributed by atoms with E-state index in [1.807, 2.05) is 55.5 Å². The zero-order valence-corrected chi connectivity index (χ0v) is 15.2. The van der Waals surface area contributed by atoms with Crippen LogP contribution in [0, 0.1) is 6.92 Å². The molecule has 0 bridgehead atoms. The summed E-state index contributed by atoms with van der Waals surface area (Å²) in [4.78, 5) is 14.6. The molecule has 0 aromatic heterocycles. The topological polar surface area (TPSA) is 50.8 Å². The van der Waals surface area contributed by atoms with Crippen LogP contribution in [0.25, 0.3) is 0 Å². The first-order valence-electron chi connectivity index (χ1n) is 9.07. The molecule has 2 aromatic carbocycles. The third-order valence-corrected chi connectivity index (χ3v) is 4.40. The SMILES string of the molecule is Cc1ccc(OCCNC(=O)c2ccc(CN3CCOCC3)cc2)cc1. The quantitative estimate of drug-likeness (QED) is 0.777. The Balaban J connectivity index is 1.40. The Morgan fingerprint density at radius 2 is 1.77 bits per heavy atom. The number of aryl methyl sites for hydroxylation is 1. The molecule has 1 amide bonds. The zero-order chi connectivity index (χ0) is 18.2. The van der Waals surface area contributed by atoms with E-state index in [0.29, 0.717) is 18.7 Å². The molecule has 26 heavy (non-hydrogen) atoms. The highest BCUT2D eigenvalue weighted by Crippen LogP contribution is 2.11. The summed E-state index contributed by atoms with van der Waals surface area (Å²) in [5.41, 5.74) is 3.08. The molecule has 0 atom stereocenters. The zero-order valence-electron chi connectivity index (χ0n) is 15.2. The Bertz CT molecular complexity index is 692. The predicted octanol–water partition coefficient (Wildman–Crippen LogP) is 2.64. The highest BCUT2D eigenvalue weighted by molar-refractivity contribution is 5.94. The van der Waals surface area contributed by atoms with Gasteiger partial charge in [-0.25, -0.2) is 0 Å². The average Bonchev–Trinajstić information content (AvgIpc) is 2.68. The first-order valence-corrected chi connectivity index (χ1v) is 9.07. The molecule has 2 aromatic rings. The van der Waals surface area contributed by atoms with Crippen LogP contribution in [0.3, 0.4) is 0 Å². The van der Waals surface area contributed by atoms with Gasteiger partial charge in [-0.1, -0.05) is 29.8 Å². The van der Waals surface area contributed by atoms with E-state index in [4.69, 9.17) is 9.47 Å². The van der Waals surface area contributed by atoms with Crippen molar-refractivity contribution in [3.63, 3.8) is 0 Å². The van der Waals surface area contributed by atoms with Gasteiger partial charge in [-0.05, 0) is 36.8 Å². The summed E-state index contributed by atoms with van der Waals surface area (Å²) in [5.74, 6) is 0.743. The number of carbonyl (C=O) groups is 1. The van der Waals surface area contributed by atoms with Gasteiger partial charge in [-0.15, -0.1) is 0 Å². The fourth-order valence-electron chi connectivity index (χ4n) is 2.85. The summed E-state index contributed by atoms with van der Waals surface area (Å²) < 4.78 is 11.0. The van der Waals surface area contributed by atoms with Crippen LogP contribution >= 0.6 is 0 Å². The molecule has 0 spiro atoms. The fraction of sp³-hybridized carbons (Fsp3) is 0.381. The van der Waals surface area contributed by atoms with Crippen molar-refractivity contribution < 1.29 is 14.3 Å². The van der Waals surface area contributed by atoms with Crippen LogP contribution in [0.15, 0.2) is 48.5 Å². The van der Waals surface area contributed by atoms with Crippen molar-refractivity contribution in [3.05, 3.63) is 65.2 Å². The lowest BCUT2D eigenvalue weighted by Gasteiger charge is -2.26. The van der Waals surface area contributed by atoms with Crippen LogP contribution in [0.4, 0.5) is 0 Å². The molecule has 1 saturated heterocycles. The number of hydrogen-bond acceptors (Lipinski definition) is 4. The number of rotatable bonds is 7. The second kappa shape index (κ2) is 9.36. The number of morpholine rings is 1. The first kappa shape index (κ1) is 18.4.